The van der Waals surface area contributed by atoms with E-state index in [2.05, 4.69) is 30.1 Å². The summed E-state index contributed by atoms with van der Waals surface area (Å²) < 4.78 is 67.5. The molecule has 2 aromatic heterocycles. The predicted octanol–water partition coefficient (Wildman–Crippen LogP) is 4.41. The number of alkyl halides is 4. The number of furan rings is 1. The second-order valence-corrected chi connectivity index (χ2v) is 6.73. The maximum Gasteiger partial charge on any atom is 0.540 e. The summed E-state index contributed by atoms with van der Waals surface area (Å²) in [7, 11) is 0. The zero-order valence-electron chi connectivity index (χ0n) is 15.0. The summed E-state index contributed by atoms with van der Waals surface area (Å²) >= 11 is 0. The van der Waals surface area contributed by atoms with E-state index in [1.165, 1.54) is 6.07 Å². The van der Waals surface area contributed by atoms with Crippen LogP contribution in [-0.2, 0) is 23.7 Å². The molecular formula is C19H12F4N4O3. The SMILES string of the molecule is FC1(F)Oc2ccc(CCc3ccc4cc(-c5nn[nH]n5)oc4c3)cc2C(F)(F)O1. The van der Waals surface area contributed by atoms with Gasteiger partial charge in [-0.3, -0.25) is 0 Å². The summed E-state index contributed by atoms with van der Waals surface area (Å²) in [5, 5.41) is 14.4. The number of ether oxygens (including phenoxy) is 2. The quantitative estimate of drug-likeness (QED) is 0.493. The van der Waals surface area contributed by atoms with Crippen molar-refractivity contribution in [2.75, 3.05) is 0 Å². The molecule has 1 aliphatic rings. The van der Waals surface area contributed by atoms with E-state index in [0.717, 1.165) is 23.1 Å². The minimum absolute atomic E-state index is 0.331. The van der Waals surface area contributed by atoms with Crippen LogP contribution in [0.5, 0.6) is 5.75 Å². The molecule has 0 unspecified atom stereocenters. The zero-order chi connectivity index (χ0) is 20.9. The Hall–Kier alpha value is -3.47. The third-order valence-electron chi connectivity index (χ3n) is 4.69. The van der Waals surface area contributed by atoms with Crippen molar-refractivity contribution in [3.8, 4) is 17.3 Å². The van der Waals surface area contributed by atoms with E-state index in [1.807, 2.05) is 18.2 Å². The first-order valence-corrected chi connectivity index (χ1v) is 8.84. The van der Waals surface area contributed by atoms with Crippen molar-refractivity contribution in [1.29, 1.82) is 0 Å². The third kappa shape index (κ3) is 3.36. The van der Waals surface area contributed by atoms with Crippen LogP contribution in [-0.4, -0.2) is 26.9 Å². The third-order valence-corrected chi connectivity index (χ3v) is 4.69. The lowest BCUT2D eigenvalue weighted by Gasteiger charge is -2.30. The molecule has 0 aliphatic carbocycles. The van der Waals surface area contributed by atoms with Gasteiger partial charge in [-0.1, -0.05) is 18.2 Å². The maximum absolute atomic E-state index is 13.9. The average Bonchev–Trinajstić information content (AvgIpc) is 3.34. The number of hydrogen-bond donors (Lipinski definition) is 1. The molecule has 0 saturated heterocycles. The van der Waals surface area contributed by atoms with E-state index >= 15 is 0 Å². The van der Waals surface area contributed by atoms with E-state index in [4.69, 9.17) is 4.42 Å². The number of nitrogens with zero attached hydrogens (tertiary/aromatic N) is 3. The van der Waals surface area contributed by atoms with Crippen LogP contribution in [0.2, 0.25) is 0 Å². The highest BCUT2D eigenvalue weighted by atomic mass is 19.3. The standard InChI is InChI=1S/C19H12F4N4O3/c20-18(21)13-7-10(4-6-14(13)29-19(22,23)30-18)1-2-11-3-5-12-9-16(28-15(12)8-11)17-24-26-27-25-17/h3-9H,1-2H2,(H,24,25,26,27). The number of aromatic nitrogens is 4. The van der Waals surface area contributed by atoms with Crippen molar-refractivity contribution in [3.63, 3.8) is 0 Å². The van der Waals surface area contributed by atoms with Crippen LogP contribution in [0.4, 0.5) is 17.6 Å². The molecule has 0 spiro atoms. The van der Waals surface area contributed by atoms with Crippen molar-refractivity contribution < 1.29 is 31.5 Å². The van der Waals surface area contributed by atoms with E-state index in [-0.39, 0.29) is 0 Å². The second kappa shape index (κ2) is 6.52. The predicted molar refractivity (Wildman–Crippen MR) is 93.8 cm³/mol. The van der Waals surface area contributed by atoms with Gasteiger partial charge in [-0.15, -0.1) is 19.0 Å². The Labute approximate surface area is 165 Å². The van der Waals surface area contributed by atoms with Crippen LogP contribution in [0, 0.1) is 0 Å². The molecule has 3 heterocycles. The van der Waals surface area contributed by atoms with Crippen LogP contribution >= 0.6 is 0 Å². The van der Waals surface area contributed by atoms with Gasteiger partial charge in [0, 0.05) is 5.39 Å². The second-order valence-electron chi connectivity index (χ2n) is 6.73. The monoisotopic (exact) mass is 420 g/mol. The molecule has 0 bridgehead atoms. The lowest BCUT2D eigenvalue weighted by molar-refractivity contribution is -0.461. The van der Waals surface area contributed by atoms with Crippen molar-refractivity contribution in [1.82, 2.24) is 20.6 Å². The van der Waals surface area contributed by atoms with Crippen molar-refractivity contribution in [2.24, 2.45) is 0 Å². The molecule has 0 fully saturated rings. The summed E-state index contributed by atoms with van der Waals surface area (Å²) in [6.07, 6.45) is -7.62. The Kier molecular flexibility index (Phi) is 4.03. The molecule has 1 N–H and O–H groups in total. The normalized spacial score (nSPS) is 16.9. The van der Waals surface area contributed by atoms with Gasteiger partial charge in [0.05, 0.1) is 5.56 Å². The molecule has 1 aliphatic heterocycles. The number of aryl methyl sites for hydroxylation is 2. The van der Waals surface area contributed by atoms with Gasteiger partial charge in [0.15, 0.2) is 5.76 Å². The summed E-state index contributed by atoms with van der Waals surface area (Å²) in [6, 6.07) is 11.0. The van der Waals surface area contributed by atoms with Crippen molar-refractivity contribution >= 4 is 11.0 Å². The van der Waals surface area contributed by atoms with Gasteiger partial charge in [-0.2, -0.15) is 14.0 Å². The molecule has 5 rings (SSSR count). The number of rotatable bonds is 4. The fourth-order valence-electron chi connectivity index (χ4n) is 3.30. The number of aromatic amines is 1. The molecule has 0 saturated carbocycles. The lowest BCUT2D eigenvalue weighted by atomic mass is 10.0. The molecule has 2 aromatic carbocycles. The number of tetrazole rings is 1. The summed E-state index contributed by atoms with van der Waals surface area (Å²) in [5.41, 5.74) is 1.32. The molecule has 7 nitrogen and oxygen atoms in total. The van der Waals surface area contributed by atoms with Gasteiger partial charge in [0.2, 0.25) is 5.82 Å². The van der Waals surface area contributed by atoms with Crippen LogP contribution in [0.25, 0.3) is 22.6 Å². The number of nitrogens with one attached hydrogen (secondary N) is 1. The Morgan fingerprint density at radius 3 is 2.47 bits per heavy atom. The van der Waals surface area contributed by atoms with Gasteiger partial charge in [-0.05, 0) is 53.4 Å². The van der Waals surface area contributed by atoms with Crippen molar-refractivity contribution in [2.45, 2.75) is 25.2 Å². The first kappa shape index (κ1) is 18.6. The first-order chi connectivity index (χ1) is 14.3. The lowest BCUT2D eigenvalue weighted by Crippen LogP contribution is -2.41. The maximum atomic E-state index is 13.9. The minimum atomic E-state index is -4.38. The molecule has 0 amide bonds. The number of halogens is 4. The number of benzene rings is 2. The van der Waals surface area contributed by atoms with Crippen LogP contribution in [0.15, 0.2) is 46.9 Å². The zero-order valence-corrected chi connectivity index (χ0v) is 15.0. The largest absolute Gasteiger partial charge is 0.540 e. The van der Waals surface area contributed by atoms with E-state index in [1.54, 1.807) is 6.07 Å². The van der Waals surface area contributed by atoms with Crippen molar-refractivity contribution in [3.05, 3.63) is 59.2 Å². The van der Waals surface area contributed by atoms with Gasteiger partial charge in [0.25, 0.3) is 0 Å². The highest BCUT2D eigenvalue weighted by Gasteiger charge is 2.54. The highest BCUT2D eigenvalue weighted by Crippen LogP contribution is 2.46. The number of H-pyrrole nitrogens is 1. The molecule has 154 valence electrons. The van der Waals surface area contributed by atoms with Crippen LogP contribution < -0.4 is 4.74 Å². The van der Waals surface area contributed by atoms with E-state index in [0.29, 0.717) is 35.6 Å². The van der Waals surface area contributed by atoms with Gasteiger partial charge in [0.1, 0.15) is 11.3 Å². The number of hydrogen-bond acceptors (Lipinski definition) is 6. The Morgan fingerprint density at radius 2 is 1.70 bits per heavy atom. The Balaban J connectivity index is 1.36. The molecule has 30 heavy (non-hydrogen) atoms. The molecule has 11 heteroatoms. The Morgan fingerprint density at radius 1 is 0.933 bits per heavy atom. The summed E-state index contributed by atoms with van der Waals surface area (Å²) in [6.45, 7) is 0. The van der Waals surface area contributed by atoms with Gasteiger partial charge in [-0.25, -0.2) is 4.74 Å². The van der Waals surface area contributed by atoms with E-state index < -0.39 is 23.7 Å². The summed E-state index contributed by atoms with van der Waals surface area (Å²) in [4.78, 5) is 0. The fraction of sp³-hybridized carbons (Fsp3) is 0.211. The van der Waals surface area contributed by atoms with Crippen LogP contribution in [0.3, 0.4) is 0 Å². The molecular weight excluding hydrogens is 408 g/mol. The fourth-order valence-corrected chi connectivity index (χ4v) is 3.30. The van der Waals surface area contributed by atoms with E-state index in [9.17, 15) is 17.6 Å². The Bertz CT molecular complexity index is 1220. The summed E-state index contributed by atoms with van der Waals surface area (Å²) in [5.74, 6) is 0.188. The topological polar surface area (TPSA) is 86.1 Å². The van der Waals surface area contributed by atoms with Gasteiger partial charge < -0.3 is 9.15 Å². The molecule has 0 atom stereocenters. The van der Waals surface area contributed by atoms with Gasteiger partial charge >= 0.3 is 12.4 Å². The smallest absolute Gasteiger partial charge is 0.453 e. The molecule has 4 aromatic rings. The minimum Gasteiger partial charge on any atom is -0.453 e. The first-order valence-electron chi connectivity index (χ1n) is 8.84. The average molecular weight is 420 g/mol. The van der Waals surface area contributed by atoms with Crippen LogP contribution in [0.1, 0.15) is 16.7 Å². The molecule has 0 radical (unpaired) electrons. The number of fused-ring (bicyclic) bond motifs is 2. The highest BCUT2D eigenvalue weighted by molar-refractivity contribution is 5.82.